The first-order valence-electron chi connectivity index (χ1n) is 10.2. The predicted molar refractivity (Wildman–Crippen MR) is 112 cm³/mol. The van der Waals surface area contributed by atoms with E-state index in [1.165, 1.54) is 12.0 Å². The number of imidazole rings is 1. The van der Waals surface area contributed by atoms with Crippen LogP contribution in [0, 0.1) is 0 Å². The number of hydrogen-bond donors (Lipinski definition) is 0. The summed E-state index contributed by atoms with van der Waals surface area (Å²) in [6, 6.07) is 18.7. The van der Waals surface area contributed by atoms with E-state index in [1.807, 2.05) is 42.1 Å². The number of nitrogens with zero attached hydrogens (tertiary/aromatic N) is 3. The van der Waals surface area contributed by atoms with Gasteiger partial charge in [-0.2, -0.15) is 0 Å². The lowest BCUT2D eigenvalue weighted by Gasteiger charge is -2.36. The average molecular weight is 374 g/mol. The van der Waals surface area contributed by atoms with Gasteiger partial charge in [-0.15, -0.1) is 0 Å². The van der Waals surface area contributed by atoms with Crippen molar-refractivity contribution in [3.05, 3.63) is 78.1 Å². The van der Waals surface area contributed by atoms with E-state index < -0.39 is 0 Å². The second kappa shape index (κ2) is 8.42. The Kier molecular flexibility index (Phi) is 5.56. The molecule has 2 heterocycles. The Bertz CT molecular complexity index is 932. The van der Waals surface area contributed by atoms with Gasteiger partial charge in [0.2, 0.25) is 0 Å². The molecule has 4 nitrogen and oxygen atoms in total. The largest absolute Gasteiger partial charge is 0.336 e. The third-order valence-corrected chi connectivity index (χ3v) is 5.72. The maximum Gasteiger partial charge on any atom is 0.254 e. The quantitative estimate of drug-likeness (QED) is 0.649. The average Bonchev–Trinajstić information content (AvgIpc) is 3.18. The van der Waals surface area contributed by atoms with Gasteiger partial charge in [-0.3, -0.25) is 4.79 Å². The highest BCUT2D eigenvalue weighted by Gasteiger charge is 2.29. The van der Waals surface area contributed by atoms with Gasteiger partial charge in [0.15, 0.2) is 0 Å². The molecule has 1 amide bonds. The van der Waals surface area contributed by atoms with Crippen molar-refractivity contribution in [2.45, 2.75) is 38.1 Å². The Labute approximate surface area is 166 Å². The van der Waals surface area contributed by atoms with Crippen LogP contribution in [0.25, 0.3) is 11.4 Å². The minimum absolute atomic E-state index is 0.136. The fourth-order valence-electron chi connectivity index (χ4n) is 4.19. The maximum absolute atomic E-state index is 13.5. The monoisotopic (exact) mass is 373 g/mol. The minimum Gasteiger partial charge on any atom is -0.336 e. The Morgan fingerprint density at radius 3 is 2.64 bits per heavy atom. The summed E-state index contributed by atoms with van der Waals surface area (Å²) < 4.78 is 1.97. The van der Waals surface area contributed by atoms with E-state index in [1.54, 1.807) is 6.20 Å². The fraction of sp³-hybridized carbons (Fsp3) is 0.333. The molecule has 1 aliphatic rings. The first-order valence-corrected chi connectivity index (χ1v) is 10.2. The van der Waals surface area contributed by atoms with Crippen LogP contribution in [0.2, 0.25) is 0 Å². The molecular formula is C24H27N3O. The highest BCUT2D eigenvalue weighted by atomic mass is 16.2. The summed E-state index contributed by atoms with van der Waals surface area (Å²) in [5.41, 5.74) is 3.00. The molecule has 0 N–H and O–H groups in total. The first kappa shape index (κ1) is 18.5. The molecule has 0 aliphatic carbocycles. The molecule has 4 heteroatoms. The molecule has 1 saturated heterocycles. The molecule has 1 aromatic heterocycles. The molecule has 0 unspecified atom stereocenters. The van der Waals surface area contributed by atoms with Gasteiger partial charge >= 0.3 is 0 Å². The van der Waals surface area contributed by atoms with Crippen molar-refractivity contribution in [3.8, 4) is 11.4 Å². The topological polar surface area (TPSA) is 38.1 Å². The predicted octanol–water partition coefficient (Wildman–Crippen LogP) is 4.71. The second-order valence-electron chi connectivity index (χ2n) is 7.58. The molecular weight excluding hydrogens is 346 g/mol. The number of piperidine rings is 1. The van der Waals surface area contributed by atoms with E-state index in [4.69, 9.17) is 0 Å². The summed E-state index contributed by atoms with van der Waals surface area (Å²) in [4.78, 5) is 20.1. The van der Waals surface area contributed by atoms with Crippen LogP contribution in [0.1, 0.15) is 41.6 Å². The Morgan fingerprint density at radius 2 is 1.86 bits per heavy atom. The van der Waals surface area contributed by atoms with E-state index >= 15 is 0 Å². The Balaban J connectivity index is 1.57. The number of hydrogen-bond acceptors (Lipinski definition) is 2. The zero-order valence-electron chi connectivity index (χ0n) is 16.4. The van der Waals surface area contributed by atoms with Crippen LogP contribution in [0.5, 0.6) is 0 Å². The first-order chi connectivity index (χ1) is 13.7. The van der Waals surface area contributed by atoms with Crippen LogP contribution in [0.15, 0.2) is 67.0 Å². The molecule has 3 aromatic rings. The molecule has 1 atom stereocenters. The van der Waals surface area contributed by atoms with Gasteiger partial charge in [-0.05, 0) is 43.7 Å². The molecule has 144 valence electrons. The molecule has 4 rings (SSSR count). The van der Waals surface area contributed by atoms with Gasteiger partial charge in [0.25, 0.3) is 5.91 Å². The SMILES string of the molecule is Cn1ccnc1-c1ccccc1C(=O)N1CCCC[C@H]1CCc1ccccc1. The molecule has 28 heavy (non-hydrogen) atoms. The number of rotatable bonds is 5. The molecule has 0 radical (unpaired) electrons. The van der Waals surface area contributed by atoms with E-state index in [9.17, 15) is 4.79 Å². The summed E-state index contributed by atoms with van der Waals surface area (Å²) in [6.07, 6.45) is 9.09. The lowest BCUT2D eigenvalue weighted by molar-refractivity contribution is 0.0602. The van der Waals surface area contributed by atoms with Crippen LogP contribution in [-0.2, 0) is 13.5 Å². The van der Waals surface area contributed by atoms with Crippen LogP contribution in [0.4, 0.5) is 0 Å². The van der Waals surface area contributed by atoms with Crippen molar-refractivity contribution in [3.63, 3.8) is 0 Å². The van der Waals surface area contributed by atoms with Crippen molar-refractivity contribution in [2.75, 3.05) is 6.54 Å². The molecule has 0 bridgehead atoms. The second-order valence-corrected chi connectivity index (χ2v) is 7.58. The van der Waals surface area contributed by atoms with E-state index in [0.717, 1.165) is 49.2 Å². The van der Waals surface area contributed by atoms with Crippen molar-refractivity contribution in [1.29, 1.82) is 0 Å². The summed E-state index contributed by atoms with van der Waals surface area (Å²) in [5.74, 6) is 0.971. The van der Waals surface area contributed by atoms with E-state index in [2.05, 4.69) is 40.2 Å². The summed E-state index contributed by atoms with van der Waals surface area (Å²) in [5, 5.41) is 0. The van der Waals surface area contributed by atoms with Crippen molar-refractivity contribution >= 4 is 5.91 Å². The smallest absolute Gasteiger partial charge is 0.254 e. The number of carbonyl (C=O) groups is 1. The highest BCUT2D eigenvalue weighted by Crippen LogP contribution is 2.28. The van der Waals surface area contributed by atoms with Gasteiger partial charge in [-0.25, -0.2) is 4.98 Å². The number of aromatic nitrogens is 2. The number of likely N-dealkylation sites (tertiary alicyclic amines) is 1. The molecule has 2 aromatic carbocycles. The number of amides is 1. The van der Waals surface area contributed by atoms with Crippen molar-refractivity contribution < 1.29 is 4.79 Å². The maximum atomic E-state index is 13.5. The lowest BCUT2D eigenvalue weighted by Crippen LogP contribution is -2.44. The Hall–Kier alpha value is -2.88. The lowest BCUT2D eigenvalue weighted by atomic mass is 9.94. The summed E-state index contributed by atoms with van der Waals surface area (Å²) in [6.45, 7) is 0.840. The molecule has 1 fully saturated rings. The number of benzene rings is 2. The van der Waals surface area contributed by atoms with Crippen molar-refractivity contribution in [1.82, 2.24) is 14.5 Å². The molecule has 0 saturated carbocycles. The van der Waals surface area contributed by atoms with Gasteiger partial charge in [0.1, 0.15) is 5.82 Å². The van der Waals surface area contributed by atoms with E-state index in [0.29, 0.717) is 6.04 Å². The van der Waals surface area contributed by atoms with Crippen LogP contribution < -0.4 is 0 Å². The standard InChI is InChI=1S/C24H27N3O/c1-26-18-16-25-23(26)21-12-5-6-13-22(21)24(28)27-17-8-7-11-20(27)15-14-19-9-3-2-4-10-19/h2-6,9-10,12-13,16,18,20H,7-8,11,14-15,17H2,1H3/t20-/m0/s1. The normalized spacial score (nSPS) is 16.9. The van der Waals surface area contributed by atoms with Crippen LogP contribution in [0.3, 0.4) is 0 Å². The van der Waals surface area contributed by atoms with Crippen molar-refractivity contribution in [2.24, 2.45) is 7.05 Å². The molecule has 1 aliphatic heterocycles. The van der Waals surface area contributed by atoms with Gasteiger partial charge in [0, 0.05) is 37.6 Å². The van der Waals surface area contributed by atoms with Crippen LogP contribution in [-0.4, -0.2) is 32.9 Å². The zero-order chi connectivity index (χ0) is 19.3. The summed E-state index contributed by atoms with van der Waals surface area (Å²) >= 11 is 0. The Morgan fingerprint density at radius 1 is 1.07 bits per heavy atom. The number of aryl methyl sites for hydroxylation is 2. The third-order valence-electron chi connectivity index (χ3n) is 5.72. The zero-order valence-corrected chi connectivity index (χ0v) is 16.4. The summed E-state index contributed by atoms with van der Waals surface area (Å²) in [7, 11) is 1.97. The van der Waals surface area contributed by atoms with Gasteiger partial charge < -0.3 is 9.47 Å². The van der Waals surface area contributed by atoms with Crippen LogP contribution >= 0.6 is 0 Å². The number of carbonyl (C=O) groups excluding carboxylic acids is 1. The third kappa shape index (κ3) is 3.86. The fourth-order valence-corrected chi connectivity index (χ4v) is 4.19. The van der Waals surface area contributed by atoms with E-state index in [-0.39, 0.29) is 5.91 Å². The highest BCUT2D eigenvalue weighted by molar-refractivity contribution is 6.00. The van der Waals surface area contributed by atoms with Gasteiger partial charge in [-0.1, -0.05) is 48.5 Å². The molecule has 0 spiro atoms. The minimum atomic E-state index is 0.136. The van der Waals surface area contributed by atoms with Gasteiger partial charge in [0.05, 0.1) is 5.56 Å².